The van der Waals surface area contributed by atoms with E-state index in [1.165, 1.54) is 42.9 Å². The van der Waals surface area contributed by atoms with E-state index in [9.17, 15) is 0 Å². The van der Waals surface area contributed by atoms with Crippen molar-refractivity contribution >= 4 is 32.5 Å². The Morgan fingerprint density at radius 3 is 2.52 bits per heavy atom. The van der Waals surface area contributed by atoms with E-state index < -0.39 is 0 Å². The normalized spacial score (nSPS) is 17.1. The highest BCUT2D eigenvalue weighted by Crippen LogP contribution is 2.23. The van der Waals surface area contributed by atoms with Gasteiger partial charge in [0.2, 0.25) is 0 Å². The standard InChI is InChI=1S/C17H20BrN3/c18-15-9-8-12-10-14(7-6-13(12)11-15)17(21-19)20-16-4-2-1-3-5-16/h6-11,16H,1-5,19H2,(H,20,21). The predicted molar refractivity (Wildman–Crippen MR) is 92.4 cm³/mol. The van der Waals surface area contributed by atoms with Gasteiger partial charge < -0.3 is 5.43 Å². The van der Waals surface area contributed by atoms with E-state index in [-0.39, 0.29) is 0 Å². The monoisotopic (exact) mass is 345 g/mol. The van der Waals surface area contributed by atoms with E-state index in [1.807, 2.05) is 0 Å². The van der Waals surface area contributed by atoms with E-state index in [2.05, 4.69) is 57.8 Å². The number of hydrazine groups is 1. The van der Waals surface area contributed by atoms with Crippen LogP contribution in [0, 0.1) is 0 Å². The zero-order valence-corrected chi connectivity index (χ0v) is 13.6. The molecule has 0 heterocycles. The molecule has 0 amide bonds. The molecule has 0 spiro atoms. The first-order valence-corrected chi connectivity index (χ1v) is 8.30. The van der Waals surface area contributed by atoms with Crippen LogP contribution >= 0.6 is 15.9 Å². The van der Waals surface area contributed by atoms with E-state index in [1.54, 1.807) is 0 Å². The first-order valence-electron chi connectivity index (χ1n) is 7.50. The molecular formula is C17H20BrN3. The van der Waals surface area contributed by atoms with Crippen molar-refractivity contribution < 1.29 is 0 Å². The number of nitrogens with zero attached hydrogens (tertiary/aromatic N) is 1. The van der Waals surface area contributed by atoms with Crippen LogP contribution in [-0.4, -0.2) is 11.9 Å². The van der Waals surface area contributed by atoms with E-state index >= 15 is 0 Å². The second kappa shape index (κ2) is 6.58. The van der Waals surface area contributed by atoms with Crippen molar-refractivity contribution in [3.05, 3.63) is 46.4 Å². The molecule has 1 aliphatic carbocycles. The highest BCUT2D eigenvalue weighted by atomic mass is 79.9. The van der Waals surface area contributed by atoms with Crippen LogP contribution in [0.25, 0.3) is 10.8 Å². The van der Waals surface area contributed by atoms with Gasteiger partial charge in [-0.1, -0.05) is 53.4 Å². The summed E-state index contributed by atoms with van der Waals surface area (Å²) in [4.78, 5) is 4.82. The Balaban J connectivity index is 1.92. The summed E-state index contributed by atoms with van der Waals surface area (Å²) in [5, 5.41) is 2.41. The molecular weight excluding hydrogens is 326 g/mol. The minimum Gasteiger partial charge on any atom is -0.308 e. The lowest BCUT2D eigenvalue weighted by atomic mass is 9.96. The van der Waals surface area contributed by atoms with Gasteiger partial charge in [-0.2, -0.15) is 0 Å². The number of aliphatic imine (C=N–C) groups is 1. The number of rotatable bonds is 2. The molecule has 1 fully saturated rings. The Labute approximate surface area is 133 Å². The van der Waals surface area contributed by atoms with Gasteiger partial charge in [-0.3, -0.25) is 4.99 Å². The molecule has 1 saturated carbocycles. The van der Waals surface area contributed by atoms with Crippen LogP contribution in [0.1, 0.15) is 37.7 Å². The Morgan fingerprint density at radius 2 is 1.76 bits per heavy atom. The quantitative estimate of drug-likeness (QED) is 0.372. The fourth-order valence-electron chi connectivity index (χ4n) is 2.95. The van der Waals surface area contributed by atoms with Gasteiger partial charge in [0, 0.05) is 10.0 Å². The molecule has 0 unspecified atom stereocenters. The van der Waals surface area contributed by atoms with Crippen molar-refractivity contribution in [3.63, 3.8) is 0 Å². The third kappa shape index (κ3) is 3.44. The average molecular weight is 346 g/mol. The summed E-state index contributed by atoms with van der Waals surface area (Å²) in [5.74, 6) is 6.50. The maximum atomic E-state index is 5.70. The zero-order valence-electron chi connectivity index (χ0n) is 12.0. The molecule has 2 aromatic carbocycles. The van der Waals surface area contributed by atoms with Crippen molar-refractivity contribution in [3.8, 4) is 0 Å². The molecule has 0 saturated heterocycles. The van der Waals surface area contributed by atoms with E-state index in [0.717, 1.165) is 15.9 Å². The second-order valence-electron chi connectivity index (χ2n) is 5.62. The van der Waals surface area contributed by atoms with Crippen LogP contribution in [0.4, 0.5) is 0 Å². The summed E-state index contributed by atoms with van der Waals surface area (Å²) in [6.07, 6.45) is 6.23. The Bertz CT molecular complexity index is 660. The predicted octanol–water partition coefficient (Wildman–Crippen LogP) is 4.14. The number of halogens is 1. The first kappa shape index (κ1) is 14.5. The van der Waals surface area contributed by atoms with Crippen molar-refractivity contribution in [2.24, 2.45) is 10.8 Å². The number of hydrogen-bond acceptors (Lipinski definition) is 2. The van der Waals surface area contributed by atoms with Crippen molar-refractivity contribution in [1.82, 2.24) is 5.43 Å². The molecule has 0 atom stereocenters. The fourth-order valence-corrected chi connectivity index (χ4v) is 3.33. The number of amidine groups is 1. The van der Waals surface area contributed by atoms with Crippen molar-refractivity contribution in [2.75, 3.05) is 0 Å². The Kier molecular flexibility index (Phi) is 4.56. The highest BCUT2D eigenvalue weighted by molar-refractivity contribution is 9.10. The van der Waals surface area contributed by atoms with Crippen LogP contribution in [0.2, 0.25) is 0 Å². The molecule has 2 aromatic rings. The molecule has 3 rings (SSSR count). The molecule has 1 aliphatic rings. The average Bonchev–Trinajstić information content (AvgIpc) is 2.53. The van der Waals surface area contributed by atoms with Crippen LogP contribution in [0.5, 0.6) is 0 Å². The minimum absolute atomic E-state index is 0.408. The molecule has 110 valence electrons. The zero-order chi connectivity index (χ0) is 14.7. The molecule has 0 aromatic heterocycles. The molecule has 4 heteroatoms. The summed E-state index contributed by atoms with van der Waals surface area (Å²) in [7, 11) is 0. The molecule has 0 aliphatic heterocycles. The van der Waals surface area contributed by atoms with Gasteiger partial charge in [0.1, 0.15) is 5.84 Å². The van der Waals surface area contributed by atoms with Gasteiger partial charge >= 0.3 is 0 Å². The lowest BCUT2D eigenvalue weighted by molar-refractivity contribution is 0.442. The number of benzene rings is 2. The SMILES string of the molecule is NNC(=NC1CCCCC1)c1ccc2cc(Br)ccc2c1. The third-order valence-electron chi connectivity index (χ3n) is 4.10. The third-order valence-corrected chi connectivity index (χ3v) is 4.59. The second-order valence-corrected chi connectivity index (χ2v) is 6.54. The summed E-state index contributed by atoms with van der Waals surface area (Å²) in [6.45, 7) is 0. The lowest BCUT2D eigenvalue weighted by Crippen LogP contribution is -2.32. The molecule has 3 nitrogen and oxygen atoms in total. The summed E-state index contributed by atoms with van der Waals surface area (Å²) < 4.78 is 1.09. The smallest absolute Gasteiger partial charge is 0.142 e. The minimum atomic E-state index is 0.408. The Hall–Kier alpha value is -1.39. The van der Waals surface area contributed by atoms with E-state index in [0.29, 0.717) is 6.04 Å². The van der Waals surface area contributed by atoms with Gasteiger partial charge in [-0.05, 0) is 41.8 Å². The fraction of sp³-hybridized carbons (Fsp3) is 0.353. The molecule has 0 bridgehead atoms. The number of fused-ring (bicyclic) bond motifs is 1. The largest absolute Gasteiger partial charge is 0.308 e. The van der Waals surface area contributed by atoms with Gasteiger partial charge in [0.05, 0.1) is 6.04 Å². The van der Waals surface area contributed by atoms with E-state index in [4.69, 9.17) is 10.8 Å². The molecule has 21 heavy (non-hydrogen) atoms. The number of nitrogens with two attached hydrogens (primary N) is 1. The van der Waals surface area contributed by atoms with Crippen LogP contribution < -0.4 is 11.3 Å². The van der Waals surface area contributed by atoms with Gasteiger partial charge in [-0.15, -0.1) is 0 Å². The van der Waals surface area contributed by atoms with Crippen LogP contribution in [-0.2, 0) is 0 Å². The van der Waals surface area contributed by atoms with Gasteiger partial charge in [-0.25, -0.2) is 5.84 Å². The maximum absolute atomic E-state index is 5.70. The van der Waals surface area contributed by atoms with Gasteiger partial charge in [0.15, 0.2) is 0 Å². The first-order chi connectivity index (χ1) is 10.3. The topological polar surface area (TPSA) is 50.4 Å². The maximum Gasteiger partial charge on any atom is 0.142 e. The number of nitrogens with one attached hydrogen (secondary N) is 1. The molecule has 3 N–H and O–H groups in total. The Morgan fingerprint density at radius 1 is 1.05 bits per heavy atom. The summed E-state index contributed by atoms with van der Waals surface area (Å²) >= 11 is 3.50. The van der Waals surface area contributed by atoms with Crippen molar-refractivity contribution in [1.29, 1.82) is 0 Å². The lowest BCUT2D eigenvalue weighted by Gasteiger charge is -2.19. The summed E-state index contributed by atoms with van der Waals surface area (Å²) in [6, 6.07) is 13.0. The van der Waals surface area contributed by atoms with Gasteiger partial charge in [0.25, 0.3) is 0 Å². The number of hydrogen-bond donors (Lipinski definition) is 2. The molecule has 0 radical (unpaired) electrons. The highest BCUT2D eigenvalue weighted by Gasteiger charge is 2.13. The van der Waals surface area contributed by atoms with Crippen LogP contribution in [0.15, 0.2) is 45.9 Å². The van der Waals surface area contributed by atoms with Crippen LogP contribution in [0.3, 0.4) is 0 Å². The van der Waals surface area contributed by atoms with Crippen molar-refractivity contribution in [2.45, 2.75) is 38.1 Å². The summed E-state index contributed by atoms with van der Waals surface area (Å²) in [5.41, 5.74) is 3.84.